The van der Waals surface area contributed by atoms with Gasteiger partial charge in [-0.1, -0.05) is 29.3 Å². The number of H-pyrrole nitrogens is 1. The van der Waals surface area contributed by atoms with E-state index >= 15 is 0 Å². The van der Waals surface area contributed by atoms with Crippen LogP contribution in [0.5, 0.6) is 5.75 Å². The first kappa shape index (κ1) is 14.9. The number of imidazole rings is 1. The molecule has 0 saturated carbocycles. The Morgan fingerprint density at radius 2 is 1.86 bits per heavy atom. The number of benzene rings is 2. The summed E-state index contributed by atoms with van der Waals surface area (Å²) >= 11 is 12.1. The minimum Gasteiger partial charge on any atom is -0.497 e. The number of nitrogens with one attached hydrogen (secondary N) is 1. The first-order valence-corrected chi connectivity index (χ1v) is 7.53. The fraction of sp³-hybridized carbons (Fsp3) is 0.118. The Bertz CT molecular complexity index is 782. The van der Waals surface area contributed by atoms with Gasteiger partial charge >= 0.3 is 0 Å². The van der Waals surface area contributed by atoms with Crippen molar-refractivity contribution in [1.82, 2.24) is 9.97 Å². The summed E-state index contributed by atoms with van der Waals surface area (Å²) in [6.45, 7) is 0. The topological polar surface area (TPSA) is 37.9 Å². The van der Waals surface area contributed by atoms with E-state index in [2.05, 4.69) is 9.97 Å². The highest BCUT2D eigenvalue weighted by molar-refractivity contribution is 6.35. The van der Waals surface area contributed by atoms with Gasteiger partial charge < -0.3 is 9.72 Å². The lowest BCUT2D eigenvalue weighted by Gasteiger charge is -2.03. The minimum atomic E-state index is 0.631. The average molecular weight is 333 g/mol. The molecule has 0 aliphatic carbocycles. The van der Waals surface area contributed by atoms with Gasteiger partial charge in [0.05, 0.1) is 19.0 Å². The number of ether oxygens (including phenoxy) is 1. The van der Waals surface area contributed by atoms with Crippen LogP contribution >= 0.6 is 23.2 Å². The standard InChI is InChI=1S/C17H14Cl2N2O/c1-22-14-6-3-11(4-7-14)16-10-20-17(21-16)8-12-2-5-13(18)9-15(12)19/h2-7,9-10H,8H2,1H3,(H,20,21). The van der Waals surface area contributed by atoms with Gasteiger partial charge in [0.1, 0.15) is 11.6 Å². The third-order valence-corrected chi connectivity index (χ3v) is 3.99. The Balaban J connectivity index is 1.81. The van der Waals surface area contributed by atoms with E-state index in [9.17, 15) is 0 Å². The predicted octanol–water partition coefficient (Wildman–Crippen LogP) is 4.98. The normalized spacial score (nSPS) is 10.7. The molecule has 1 heterocycles. The largest absolute Gasteiger partial charge is 0.497 e. The van der Waals surface area contributed by atoms with E-state index in [1.165, 1.54) is 0 Å². The number of methoxy groups -OCH3 is 1. The molecule has 1 aromatic heterocycles. The maximum absolute atomic E-state index is 6.20. The Labute approximate surface area is 138 Å². The molecule has 112 valence electrons. The molecule has 3 nitrogen and oxygen atoms in total. The molecule has 2 aromatic carbocycles. The van der Waals surface area contributed by atoms with E-state index in [-0.39, 0.29) is 0 Å². The van der Waals surface area contributed by atoms with E-state index in [4.69, 9.17) is 27.9 Å². The van der Waals surface area contributed by atoms with Gasteiger partial charge in [-0.25, -0.2) is 4.98 Å². The van der Waals surface area contributed by atoms with E-state index in [1.54, 1.807) is 13.2 Å². The molecule has 0 radical (unpaired) electrons. The van der Waals surface area contributed by atoms with Crippen molar-refractivity contribution >= 4 is 23.2 Å². The highest BCUT2D eigenvalue weighted by Crippen LogP contribution is 2.24. The van der Waals surface area contributed by atoms with Gasteiger partial charge in [-0.05, 0) is 47.5 Å². The molecule has 5 heteroatoms. The summed E-state index contributed by atoms with van der Waals surface area (Å²) in [6, 6.07) is 13.3. The molecule has 0 spiro atoms. The van der Waals surface area contributed by atoms with Crippen molar-refractivity contribution in [3.8, 4) is 17.0 Å². The highest BCUT2D eigenvalue weighted by Gasteiger charge is 2.07. The van der Waals surface area contributed by atoms with Crippen LogP contribution in [0.15, 0.2) is 48.7 Å². The summed E-state index contributed by atoms with van der Waals surface area (Å²) in [5.74, 6) is 1.69. The quantitative estimate of drug-likeness (QED) is 0.731. The molecule has 0 aliphatic rings. The summed E-state index contributed by atoms with van der Waals surface area (Å²) in [6.07, 6.45) is 2.45. The molecule has 0 unspecified atom stereocenters. The summed E-state index contributed by atoms with van der Waals surface area (Å²) in [5.41, 5.74) is 3.01. The van der Waals surface area contributed by atoms with E-state index in [0.29, 0.717) is 16.5 Å². The molecule has 3 rings (SSSR count). The van der Waals surface area contributed by atoms with E-state index in [1.807, 2.05) is 42.6 Å². The van der Waals surface area contributed by atoms with Gasteiger partial charge in [0.15, 0.2) is 0 Å². The van der Waals surface area contributed by atoms with Crippen LogP contribution in [0.1, 0.15) is 11.4 Å². The molecular formula is C17H14Cl2N2O. The average Bonchev–Trinajstić information content (AvgIpc) is 2.99. The molecular weight excluding hydrogens is 319 g/mol. The number of hydrogen-bond donors (Lipinski definition) is 1. The molecule has 0 atom stereocenters. The van der Waals surface area contributed by atoms with Crippen LogP contribution in [-0.2, 0) is 6.42 Å². The first-order valence-electron chi connectivity index (χ1n) is 6.78. The van der Waals surface area contributed by atoms with Crippen LogP contribution in [0.2, 0.25) is 10.0 Å². The molecule has 0 saturated heterocycles. The number of rotatable bonds is 4. The van der Waals surface area contributed by atoms with Crippen molar-refractivity contribution in [2.24, 2.45) is 0 Å². The predicted molar refractivity (Wildman–Crippen MR) is 89.8 cm³/mol. The number of aromatic nitrogens is 2. The first-order chi connectivity index (χ1) is 10.7. The van der Waals surface area contributed by atoms with E-state index in [0.717, 1.165) is 28.4 Å². The Hall–Kier alpha value is -1.97. The zero-order valence-corrected chi connectivity index (χ0v) is 13.4. The van der Waals surface area contributed by atoms with Gasteiger partial charge in [-0.2, -0.15) is 0 Å². The second kappa shape index (κ2) is 6.42. The lowest BCUT2D eigenvalue weighted by molar-refractivity contribution is 0.415. The number of nitrogens with zero attached hydrogens (tertiary/aromatic N) is 1. The lowest BCUT2D eigenvalue weighted by atomic mass is 10.1. The zero-order valence-electron chi connectivity index (χ0n) is 11.9. The maximum atomic E-state index is 6.20. The molecule has 0 fully saturated rings. The van der Waals surface area contributed by atoms with Gasteiger partial charge in [0.2, 0.25) is 0 Å². The fourth-order valence-electron chi connectivity index (χ4n) is 2.22. The number of hydrogen-bond acceptors (Lipinski definition) is 2. The molecule has 0 bridgehead atoms. The fourth-order valence-corrected chi connectivity index (χ4v) is 2.69. The molecule has 1 N–H and O–H groups in total. The summed E-state index contributed by atoms with van der Waals surface area (Å²) in [5, 5.41) is 1.28. The third kappa shape index (κ3) is 3.26. The molecule has 0 amide bonds. The second-order valence-electron chi connectivity index (χ2n) is 4.88. The van der Waals surface area contributed by atoms with Gasteiger partial charge in [0.25, 0.3) is 0 Å². The van der Waals surface area contributed by atoms with Crippen molar-refractivity contribution in [3.05, 3.63) is 70.1 Å². The van der Waals surface area contributed by atoms with Crippen molar-refractivity contribution in [2.75, 3.05) is 7.11 Å². The zero-order chi connectivity index (χ0) is 15.5. The van der Waals surface area contributed by atoms with E-state index < -0.39 is 0 Å². The van der Waals surface area contributed by atoms with Gasteiger partial charge in [0, 0.05) is 16.5 Å². The van der Waals surface area contributed by atoms with Crippen molar-refractivity contribution in [3.63, 3.8) is 0 Å². The Morgan fingerprint density at radius 3 is 2.55 bits per heavy atom. The summed E-state index contributed by atoms with van der Waals surface area (Å²) < 4.78 is 5.16. The van der Waals surface area contributed by atoms with Crippen LogP contribution < -0.4 is 4.74 Å². The molecule has 22 heavy (non-hydrogen) atoms. The number of aromatic amines is 1. The van der Waals surface area contributed by atoms with Gasteiger partial charge in [-0.15, -0.1) is 0 Å². The highest BCUT2D eigenvalue weighted by atomic mass is 35.5. The van der Waals surface area contributed by atoms with Gasteiger partial charge in [-0.3, -0.25) is 0 Å². The monoisotopic (exact) mass is 332 g/mol. The van der Waals surface area contributed by atoms with Crippen molar-refractivity contribution in [2.45, 2.75) is 6.42 Å². The van der Waals surface area contributed by atoms with Crippen LogP contribution in [0.4, 0.5) is 0 Å². The summed E-state index contributed by atoms with van der Waals surface area (Å²) in [4.78, 5) is 7.73. The SMILES string of the molecule is COc1ccc(-c2cnc(Cc3ccc(Cl)cc3Cl)[nH]2)cc1. The maximum Gasteiger partial charge on any atom is 0.118 e. The van der Waals surface area contributed by atoms with Crippen LogP contribution in [0.25, 0.3) is 11.3 Å². The third-order valence-electron chi connectivity index (χ3n) is 3.40. The van der Waals surface area contributed by atoms with Crippen molar-refractivity contribution in [1.29, 1.82) is 0 Å². The van der Waals surface area contributed by atoms with Crippen LogP contribution in [0, 0.1) is 0 Å². The molecule has 0 aliphatic heterocycles. The number of halogens is 2. The second-order valence-corrected chi connectivity index (χ2v) is 5.73. The lowest BCUT2D eigenvalue weighted by Crippen LogP contribution is -1.92. The Kier molecular flexibility index (Phi) is 4.36. The van der Waals surface area contributed by atoms with Crippen LogP contribution in [-0.4, -0.2) is 17.1 Å². The Morgan fingerprint density at radius 1 is 1.09 bits per heavy atom. The molecule has 3 aromatic rings. The van der Waals surface area contributed by atoms with Crippen molar-refractivity contribution < 1.29 is 4.74 Å². The smallest absolute Gasteiger partial charge is 0.118 e. The summed E-state index contributed by atoms with van der Waals surface area (Å²) in [7, 11) is 1.65. The van der Waals surface area contributed by atoms with Crippen LogP contribution in [0.3, 0.4) is 0 Å². The minimum absolute atomic E-state index is 0.631.